The fraction of sp³-hybridized carbons (Fsp3) is 0.238. The second-order valence-electron chi connectivity index (χ2n) is 6.92. The van der Waals surface area contributed by atoms with Gasteiger partial charge in [-0.25, -0.2) is 0 Å². The summed E-state index contributed by atoms with van der Waals surface area (Å²) in [6, 6.07) is 12.3. The number of H-pyrrole nitrogens is 1. The Hall–Kier alpha value is -3.59. The number of carbonyl (C=O) groups is 2. The van der Waals surface area contributed by atoms with Gasteiger partial charge in [-0.1, -0.05) is 23.7 Å². The van der Waals surface area contributed by atoms with E-state index in [2.05, 4.69) is 20.5 Å². The summed E-state index contributed by atoms with van der Waals surface area (Å²) in [5, 5.41) is 10.00. The highest BCUT2D eigenvalue weighted by atomic mass is 35.5. The summed E-state index contributed by atoms with van der Waals surface area (Å²) in [6.45, 7) is 0.200. The van der Waals surface area contributed by atoms with Crippen molar-refractivity contribution in [2.24, 2.45) is 5.92 Å². The highest BCUT2D eigenvalue weighted by molar-refractivity contribution is 6.31. The fourth-order valence-corrected chi connectivity index (χ4v) is 3.65. The summed E-state index contributed by atoms with van der Waals surface area (Å²) in [7, 11) is 3.08. The van der Waals surface area contributed by atoms with E-state index in [9.17, 15) is 9.59 Å². The molecule has 9 nitrogen and oxygen atoms in total. The Morgan fingerprint density at radius 2 is 1.97 bits per heavy atom. The average Bonchev–Trinajstić information content (AvgIpc) is 3.40. The van der Waals surface area contributed by atoms with Crippen molar-refractivity contribution < 1.29 is 19.1 Å². The topological polar surface area (TPSA) is 109 Å². The normalized spacial score (nSPS) is 15.8. The van der Waals surface area contributed by atoms with E-state index in [1.807, 2.05) is 18.2 Å². The molecule has 10 heteroatoms. The van der Waals surface area contributed by atoms with Crippen LogP contribution in [0.25, 0.3) is 11.4 Å². The highest BCUT2D eigenvalue weighted by Gasteiger charge is 2.36. The predicted molar refractivity (Wildman–Crippen MR) is 115 cm³/mol. The first-order valence-electron chi connectivity index (χ1n) is 9.50. The minimum Gasteiger partial charge on any atom is -0.496 e. The number of halogens is 1. The number of carbonyl (C=O) groups excluding carboxylic acids is 2. The molecule has 160 valence electrons. The molecule has 1 unspecified atom stereocenters. The summed E-state index contributed by atoms with van der Waals surface area (Å²) in [4.78, 5) is 31.2. The van der Waals surface area contributed by atoms with Crippen LogP contribution in [-0.2, 0) is 9.59 Å². The number of amides is 2. The molecule has 31 heavy (non-hydrogen) atoms. The SMILES string of the molecule is COc1ccccc1-c1nc(NC(=O)C2CC(=O)N(c3cc(Cl)ccc3OC)C2)n[nH]1. The maximum absolute atomic E-state index is 12.8. The lowest BCUT2D eigenvalue weighted by atomic mass is 10.1. The number of aromatic amines is 1. The molecule has 2 heterocycles. The Morgan fingerprint density at radius 1 is 1.19 bits per heavy atom. The van der Waals surface area contributed by atoms with E-state index < -0.39 is 5.92 Å². The van der Waals surface area contributed by atoms with Crippen molar-refractivity contribution in [3.8, 4) is 22.9 Å². The molecule has 0 saturated carbocycles. The number of para-hydroxylation sites is 1. The van der Waals surface area contributed by atoms with Crippen LogP contribution < -0.4 is 19.7 Å². The lowest BCUT2D eigenvalue weighted by Gasteiger charge is -2.19. The monoisotopic (exact) mass is 441 g/mol. The number of hydrogen-bond acceptors (Lipinski definition) is 6. The van der Waals surface area contributed by atoms with Crippen LogP contribution in [0.15, 0.2) is 42.5 Å². The lowest BCUT2D eigenvalue weighted by Crippen LogP contribution is -2.28. The number of aromatic nitrogens is 3. The summed E-state index contributed by atoms with van der Waals surface area (Å²) in [5.41, 5.74) is 1.25. The Morgan fingerprint density at radius 3 is 2.74 bits per heavy atom. The molecular formula is C21H20ClN5O4. The zero-order valence-electron chi connectivity index (χ0n) is 16.9. The molecule has 2 amide bonds. The number of hydrogen-bond donors (Lipinski definition) is 2. The summed E-state index contributed by atoms with van der Waals surface area (Å²) in [5.74, 6) is 0.619. The van der Waals surface area contributed by atoms with Gasteiger partial charge in [0.15, 0.2) is 5.82 Å². The summed E-state index contributed by atoms with van der Waals surface area (Å²) < 4.78 is 10.7. The van der Waals surface area contributed by atoms with Gasteiger partial charge in [-0.15, -0.1) is 5.10 Å². The quantitative estimate of drug-likeness (QED) is 0.608. The van der Waals surface area contributed by atoms with Crippen LogP contribution in [0.2, 0.25) is 5.02 Å². The minimum atomic E-state index is -0.565. The molecule has 1 aliphatic rings. The van der Waals surface area contributed by atoms with Crippen LogP contribution >= 0.6 is 11.6 Å². The first-order chi connectivity index (χ1) is 15.0. The molecule has 4 rings (SSSR count). The maximum atomic E-state index is 12.8. The van der Waals surface area contributed by atoms with Crippen molar-refractivity contribution in [1.29, 1.82) is 0 Å². The number of ether oxygens (including phenoxy) is 2. The molecular weight excluding hydrogens is 422 g/mol. The summed E-state index contributed by atoms with van der Waals surface area (Å²) >= 11 is 6.08. The Labute approximate surface area is 183 Å². The van der Waals surface area contributed by atoms with Gasteiger partial charge in [0.1, 0.15) is 11.5 Å². The Kier molecular flexibility index (Phi) is 5.77. The van der Waals surface area contributed by atoms with E-state index in [-0.39, 0.29) is 30.7 Å². The third-order valence-electron chi connectivity index (χ3n) is 5.01. The number of anilines is 2. The molecule has 2 N–H and O–H groups in total. The molecule has 1 aromatic heterocycles. The molecule has 1 saturated heterocycles. The zero-order valence-corrected chi connectivity index (χ0v) is 17.6. The third-order valence-corrected chi connectivity index (χ3v) is 5.25. The third kappa shape index (κ3) is 4.17. The van der Waals surface area contributed by atoms with Gasteiger partial charge in [0.05, 0.1) is 31.4 Å². The average molecular weight is 442 g/mol. The first kappa shape index (κ1) is 20.7. The maximum Gasteiger partial charge on any atom is 0.249 e. The number of nitrogens with one attached hydrogen (secondary N) is 2. The van der Waals surface area contributed by atoms with Crippen LogP contribution in [0.1, 0.15) is 6.42 Å². The molecule has 2 aromatic carbocycles. The van der Waals surface area contributed by atoms with Crippen molar-refractivity contribution in [3.63, 3.8) is 0 Å². The number of benzene rings is 2. The van der Waals surface area contributed by atoms with E-state index in [1.54, 1.807) is 31.4 Å². The van der Waals surface area contributed by atoms with Gasteiger partial charge in [0, 0.05) is 18.0 Å². The van der Waals surface area contributed by atoms with Gasteiger partial charge in [-0.2, -0.15) is 4.98 Å². The van der Waals surface area contributed by atoms with Crippen LogP contribution in [0.3, 0.4) is 0 Å². The molecule has 1 aliphatic heterocycles. The van der Waals surface area contributed by atoms with Gasteiger partial charge in [0.25, 0.3) is 0 Å². The van der Waals surface area contributed by atoms with Crippen molar-refractivity contribution in [3.05, 3.63) is 47.5 Å². The lowest BCUT2D eigenvalue weighted by molar-refractivity contribution is -0.122. The van der Waals surface area contributed by atoms with E-state index in [0.29, 0.717) is 33.6 Å². The Bertz CT molecular complexity index is 1130. The predicted octanol–water partition coefficient (Wildman–Crippen LogP) is 3.13. The number of nitrogens with zero attached hydrogens (tertiary/aromatic N) is 3. The van der Waals surface area contributed by atoms with Crippen LogP contribution in [0.5, 0.6) is 11.5 Å². The van der Waals surface area contributed by atoms with E-state index in [0.717, 1.165) is 0 Å². The molecule has 1 atom stereocenters. The van der Waals surface area contributed by atoms with Crippen LogP contribution in [0, 0.1) is 5.92 Å². The second kappa shape index (κ2) is 8.65. The highest BCUT2D eigenvalue weighted by Crippen LogP contribution is 2.35. The van der Waals surface area contributed by atoms with Gasteiger partial charge < -0.3 is 14.4 Å². The molecule has 1 fully saturated rings. The second-order valence-corrected chi connectivity index (χ2v) is 7.36. The van der Waals surface area contributed by atoms with Gasteiger partial charge in [-0.05, 0) is 30.3 Å². The van der Waals surface area contributed by atoms with E-state index >= 15 is 0 Å². The van der Waals surface area contributed by atoms with Crippen LogP contribution in [-0.4, -0.2) is 47.8 Å². The summed E-state index contributed by atoms with van der Waals surface area (Å²) in [6.07, 6.45) is 0.0608. The van der Waals surface area contributed by atoms with Gasteiger partial charge >= 0.3 is 0 Å². The van der Waals surface area contributed by atoms with E-state index in [4.69, 9.17) is 21.1 Å². The molecule has 0 bridgehead atoms. The number of rotatable bonds is 6. The van der Waals surface area contributed by atoms with Gasteiger partial charge in [-0.3, -0.25) is 20.0 Å². The standard InChI is InChI=1S/C21H20ClN5O4/c1-30-16-6-4-3-5-14(16)19-23-21(26-25-19)24-20(29)12-9-18(28)27(11-12)15-10-13(22)7-8-17(15)31-2/h3-8,10,12H,9,11H2,1-2H3,(H2,23,24,25,26,29). The smallest absolute Gasteiger partial charge is 0.249 e. The minimum absolute atomic E-state index is 0.0608. The van der Waals surface area contributed by atoms with Crippen molar-refractivity contribution in [2.75, 3.05) is 31.0 Å². The van der Waals surface area contributed by atoms with Crippen LogP contribution in [0.4, 0.5) is 11.6 Å². The molecule has 0 aliphatic carbocycles. The van der Waals surface area contributed by atoms with Crippen molar-refractivity contribution in [2.45, 2.75) is 6.42 Å². The fourth-order valence-electron chi connectivity index (χ4n) is 3.48. The molecule has 3 aromatic rings. The molecule has 0 spiro atoms. The van der Waals surface area contributed by atoms with Crippen molar-refractivity contribution in [1.82, 2.24) is 15.2 Å². The molecule has 0 radical (unpaired) electrons. The zero-order chi connectivity index (χ0) is 22.0. The van der Waals surface area contributed by atoms with Crippen molar-refractivity contribution >= 4 is 35.1 Å². The first-order valence-corrected chi connectivity index (χ1v) is 9.88. The van der Waals surface area contributed by atoms with Gasteiger partial charge in [0.2, 0.25) is 17.8 Å². The number of methoxy groups -OCH3 is 2. The Balaban J connectivity index is 1.48. The largest absolute Gasteiger partial charge is 0.496 e. The van der Waals surface area contributed by atoms with E-state index in [1.165, 1.54) is 12.0 Å².